The summed E-state index contributed by atoms with van der Waals surface area (Å²) >= 11 is 0. The number of urea groups is 1. The lowest BCUT2D eigenvalue weighted by Gasteiger charge is -2.35. The van der Waals surface area contributed by atoms with E-state index in [2.05, 4.69) is 0 Å². The molecule has 0 radical (unpaired) electrons. The Bertz CT molecular complexity index is 902. The molecule has 0 aliphatic carbocycles. The summed E-state index contributed by atoms with van der Waals surface area (Å²) in [5, 5.41) is 11.1. The summed E-state index contributed by atoms with van der Waals surface area (Å²) in [7, 11) is 2.82. The van der Waals surface area contributed by atoms with Gasteiger partial charge >= 0.3 is 6.03 Å². The van der Waals surface area contributed by atoms with Crippen LogP contribution in [0, 0.1) is 10.1 Å². The van der Waals surface area contributed by atoms with Crippen LogP contribution in [0.25, 0.3) is 0 Å². The number of carbonyl (C=O) groups excluding carboxylic acids is 2. The molecular weight excluding hydrogens is 378 g/mol. The van der Waals surface area contributed by atoms with Crippen molar-refractivity contribution in [2.45, 2.75) is 12.0 Å². The van der Waals surface area contributed by atoms with E-state index in [0.29, 0.717) is 5.56 Å². The second kappa shape index (κ2) is 8.38. The molecule has 1 aliphatic heterocycles. The first-order valence-electron chi connectivity index (χ1n) is 8.86. The molecule has 1 fully saturated rings. The van der Waals surface area contributed by atoms with Gasteiger partial charge in [0.05, 0.1) is 4.92 Å². The number of nitro benzene ring substituents is 1. The number of hydrogen-bond donors (Lipinski definition) is 0. The number of non-ortho nitro benzene ring substituents is 1. The van der Waals surface area contributed by atoms with Crippen LogP contribution in [-0.4, -0.2) is 54.3 Å². The van der Waals surface area contributed by atoms with Gasteiger partial charge in [0, 0.05) is 32.8 Å². The van der Waals surface area contributed by atoms with Crippen LogP contribution in [0.3, 0.4) is 0 Å². The van der Waals surface area contributed by atoms with Gasteiger partial charge in [0.15, 0.2) is 5.54 Å². The minimum atomic E-state index is -1.41. The lowest BCUT2D eigenvalue weighted by molar-refractivity contribution is -0.384. The summed E-state index contributed by atoms with van der Waals surface area (Å²) < 4.78 is 10.3. The van der Waals surface area contributed by atoms with Crippen LogP contribution in [0.2, 0.25) is 0 Å². The Morgan fingerprint density at radius 3 is 2.14 bits per heavy atom. The van der Waals surface area contributed by atoms with Crippen molar-refractivity contribution in [2.24, 2.45) is 0 Å². The number of amides is 3. The maximum Gasteiger partial charge on any atom is 0.331 e. The lowest BCUT2D eigenvalue weighted by atomic mass is 9.82. The highest BCUT2D eigenvalue weighted by Gasteiger charge is 2.58. The number of nitro groups is 1. The fraction of sp³-hybridized carbons (Fsp3) is 0.300. The van der Waals surface area contributed by atoms with Crippen molar-refractivity contribution in [3.63, 3.8) is 0 Å². The zero-order chi connectivity index (χ0) is 21.0. The second-order valence-electron chi connectivity index (χ2n) is 6.61. The van der Waals surface area contributed by atoms with Crippen LogP contribution in [0.1, 0.15) is 11.1 Å². The minimum absolute atomic E-state index is 0.104. The zero-order valence-corrected chi connectivity index (χ0v) is 16.1. The first-order valence-corrected chi connectivity index (χ1v) is 8.86. The van der Waals surface area contributed by atoms with Crippen LogP contribution in [0.5, 0.6) is 0 Å². The summed E-state index contributed by atoms with van der Waals surface area (Å²) in [4.78, 5) is 39.4. The molecule has 1 saturated heterocycles. The van der Waals surface area contributed by atoms with E-state index in [4.69, 9.17) is 9.47 Å². The third-order valence-corrected chi connectivity index (χ3v) is 4.90. The molecule has 3 rings (SSSR count). The van der Waals surface area contributed by atoms with E-state index >= 15 is 0 Å². The number of ether oxygens (including phenoxy) is 2. The molecule has 9 nitrogen and oxygen atoms in total. The smallest absolute Gasteiger partial charge is 0.331 e. The van der Waals surface area contributed by atoms with Gasteiger partial charge in [-0.2, -0.15) is 0 Å². The molecule has 3 amide bonds. The second-order valence-corrected chi connectivity index (χ2v) is 6.61. The summed E-state index contributed by atoms with van der Waals surface area (Å²) in [5.74, 6) is -0.473. The molecule has 2 aromatic rings. The minimum Gasteiger partial charge on any atom is -0.364 e. The molecule has 0 N–H and O–H groups in total. The lowest BCUT2D eigenvalue weighted by Crippen LogP contribution is -2.49. The number of methoxy groups -OCH3 is 2. The van der Waals surface area contributed by atoms with E-state index in [1.54, 1.807) is 0 Å². The predicted octanol–water partition coefficient (Wildman–Crippen LogP) is 2.50. The number of nitrogens with zero attached hydrogens (tertiary/aromatic N) is 3. The number of hydrogen-bond acceptors (Lipinski definition) is 6. The van der Waals surface area contributed by atoms with Gasteiger partial charge in [-0.05, 0) is 23.3 Å². The van der Waals surface area contributed by atoms with Gasteiger partial charge in [-0.25, -0.2) is 9.69 Å². The Morgan fingerprint density at radius 1 is 0.966 bits per heavy atom. The molecular formula is C20H21N3O6. The van der Waals surface area contributed by atoms with E-state index in [1.807, 2.05) is 30.3 Å². The van der Waals surface area contributed by atoms with Crippen molar-refractivity contribution in [2.75, 3.05) is 27.7 Å². The highest BCUT2D eigenvalue weighted by atomic mass is 16.6. The fourth-order valence-corrected chi connectivity index (χ4v) is 3.57. The number of imide groups is 1. The third kappa shape index (κ3) is 3.57. The van der Waals surface area contributed by atoms with Crippen LogP contribution in [-0.2, 0) is 26.2 Å². The van der Waals surface area contributed by atoms with Gasteiger partial charge in [0.2, 0.25) is 0 Å². The van der Waals surface area contributed by atoms with E-state index < -0.39 is 22.4 Å². The molecule has 1 aliphatic rings. The van der Waals surface area contributed by atoms with Crippen molar-refractivity contribution in [1.82, 2.24) is 9.80 Å². The van der Waals surface area contributed by atoms with Gasteiger partial charge in [-0.15, -0.1) is 0 Å². The standard InChI is InChI=1S/C20H21N3O6/c1-28-13-21-18(24)20(22(14-29-2)19(21)25,12-15-6-4-3-5-7-15)16-8-10-17(11-9-16)23(26)27/h3-11H,12-14H2,1-2H3/t20-/m0/s1. The fourth-order valence-electron chi connectivity index (χ4n) is 3.57. The van der Waals surface area contributed by atoms with Crippen LogP contribution >= 0.6 is 0 Å². The first-order chi connectivity index (χ1) is 14.0. The molecule has 1 heterocycles. The van der Waals surface area contributed by atoms with Crippen LogP contribution < -0.4 is 0 Å². The van der Waals surface area contributed by atoms with E-state index in [0.717, 1.165) is 10.5 Å². The van der Waals surface area contributed by atoms with Gasteiger partial charge in [-0.3, -0.25) is 19.8 Å². The maximum atomic E-state index is 13.5. The molecule has 0 aromatic heterocycles. The van der Waals surface area contributed by atoms with E-state index in [9.17, 15) is 19.7 Å². The monoisotopic (exact) mass is 399 g/mol. The Labute approximate surface area is 167 Å². The molecule has 0 spiro atoms. The van der Waals surface area contributed by atoms with Crippen molar-refractivity contribution in [3.8, 4) is 0 Å². The summed E-state index contributed by atoms with van der Waals surface area (Å²) in [6.07, 6.45) is 0.180. The molecule has 0 bridgehead atoms. The molecule has 1 atom stereocenters. The normalized spacial score (nSPS) is 19.1. The third-order valence-electron chi connectivity index (χ3n) is 4.90. The topological polar surface area (TPSA) is 102 Å². The summed E-state index contributed by atoms with van der Waals surface area (Å²) in [6.45, 7) is -0.337. The van der Waals surface area contributed by atoms with Gasteiger partial charge in [0.25, 0.3) is 11.6 Å². The largest absolute Gasteiger partial charge is 0.364 e. The molecule has 29 heavy (non-hydrogen) atoms. The SMILES string of the molecule is COCN1C(=O)N(COC)[C@@](Cc2ccccc2)(c2ccc([N+](=O)[O-])cc2)C1=O. The van der Waals surface area contributed by atoms with Gasteiger partial charge < -0.3 is 9.47 Å². The Balaban J connectivity index is 2.18. The highest BCUT2D eigenvalue weighted by Crippen LogP contribution is 2.41. The van der Waals surface area contributed by atoms with Crippen LogP contribution in [0.4, 0.5) is 10.5 Å². The molecule has 152 valence electrons. The quantitative estimate of drug-likeness (QED) is 0.384. The van der Waals surface area contributed by atoms with Gasteiger partial charge in [0.1, 0.15) is 13.5 Å². The highest BCUT2D eigenvalue weighted by molar-refractivity contribution is 6.07. The van der Waals surface area contributed by atoms with Crippen LogP contribution in [0.15, 0.2) is 54.6 Å². The molecule has 0 unspecified atom stereocenters. The van der Waals surface area contributed by atoms with E-state index in [-0.39, 0.29) is 25.6 Å². The van der Waals surface area contributed by atoms with Crippen molar-refractivity contribution in [1.29, 1.82) is 0 Å². The van der Waals surface area contributed by atoms with Gasteiger partial charge in [-0.1, -0.05) is 30.3 Å². The summed E-state index contributed by atoms with van der Waals surface area (Å²) in [6, 6.07) is 14.4. The molecule has 9 heteroatoms. The first kappa shape index (κ1) is 20.4. The number of rotatable bonds is 8. The van der Waals surface area contributed by atoms with Crippen molar-refractivity contribution in [3.05, 3.63) is 75.8 Å². The average molecular weight is 399 g/mol. The molecule has 0 saturated carbocycles. The van der Waals surface area contributed by atoms with E-state index in [1.165, 1.54) is 43.4 Å². The summed E-state index contributed by atoms with van der Waals surface area (Å²) in [5.41, 5.74) is -0.233. The zero-order valence-electron chi connectivity index (χ0n) is 16.1. The molecule has 2 aromatic carbocycles. The number of carbonyl (C=O) groups is 2. The average Bonchev–Trinajstić information content (AvgIpc) is 2.92. The Morgan fingerprint density at radius 2 is 1.59 bits per heavy atom. The Hall–Kier alpha value is -3.30. The Kier molecular flexibility index (Phi) is 5.90. The van der Waals surface area contributed by atoms with Crippen molar-refractivity contribution < 1.29 is 24.0 Å². The number of benzene rings is 2. The van der Waals surface area contributed by atoms with Crippen molar-refractivity contribution >= 4 is 17.6 Å². The maximum absolute atomic E-state index is 13.5. The predicted molar refractivity (Wildman–Crippen MR) is 103 cm³/mol.